The first-order chi connectivity index (χ1) is 11.6. The number of amides is 1. The fourth-order valence-electron chi connectivity index (χ4n) is 3.68. The minimum Gasteiger partial charge on any atom is -0.326 e. The standard InChI is InChI=1S/C21H24FNO/c1-15(21(24)23-20-13-11-19(22)12-14-20)16-7-9-18(10-8-16)17-5-3-2-4-6-17/h2-6,11-16,18H,7-10H2,1H3,(H,23,24). The second-order valence-electron chi connectivity index (χ2n) is 6.81. The molecular weight excluding hydrogens is 301 g/mol. The lowest BCUT2D eigenvalue weighted by molar-refractivity contribution is -0.121. The number of hydrogen-bond acceptors (Lipinski definition) is 1. The molecule has 0 bridgehead atoms. The van der Waals surface area contributed by atoms with E-state index in [-0.39, 0.29) is 17.6 Å². The number of hydrogen-bond donors (Lipinski definition) is 1. The fourth-order valence-corrected chi connectivity index (χ4v) is 3.68. The highest BCUT2D eigenvalue weighted by molar-refractivity contribution is 5.92. The van der Waals surface area contributed by atoms with Crippen LogP contribution in [-0.2, 0) is 4.79 Å². The largest absolute Gasteiger partial charge is 0.326 e. The number of nitrogens with one attached hydrogen (secondary N) is 1. The van der Waals surface area contributed by atoms with E-state index >= 15 is 0 Å². The maximum Gasteiger partial charge on any atom is 0.227 e. The van der Waals surface area contributed by atoms with Crippen LogP contribution in [0, 0.1) is 17.7 Å². The zero-order valence-electron chi connectivity index (χ0n) is 14.0. The van der Waals surface area contributed by atoms with E-state index in [0.717, 1.165) is 25.7 Å². The summed E-state index contributed by atoms with van der Waals surface area (Å²) in [5.41, 5.74) is 2.07. The van der Waals surface area contributed by atoms with Crippen molar-refractivity contribution in [2.45, 2.75) is 38.5 Å². The summed E-state index contributed by atoms with van der Waals surface area (Å²) in [5, 5.41) is 2.90. The van der Waals surface area contributed by atoms with Crippen molar-refractivity contribution in [1.82, 2.24) is 0 Å². The van der Waals surface area contributed by atoms with Crippen LogP contribution in [0.5, 0.6) is 0 Å². The predicted octanol–water partition coefficient (Wildman–Crippen LogP) is 5.37. The van der Waals surface area contributed by atoms with Gasteiger partial charge in [0.05, 0.1) is 0 Å². The van der Waals surface area contributed by atoms with Crippen LogP contribution in [0.2, 0.25) is 0 Å². The number of anilines is 1. The van der Waals surface area contributed by atoms with Gasteiger partial charge in [-0.3, -0.25) is 4.79 Å². The van der Waals surface area contributed by atoms with E-state index in [1.54, 1.807) is 12.1 Å². The average molecular weight is 325 g/mol. The molecule has 1 fully saturated rings. The maximum atomic E-state index is 12.9. The summed E-state index contributed by atoms with van der Waals surface area (Å²) < 4.78 is 12.9. The molecular formula is C21H24FNO. The van der Waals surface area contributed by atoms with E-state index in [0.29, 0.717) is 17.5 Å². The van der Waals surface area contributed by atoms with E-state index in [1.807, 2.05) is 6.92 Å². The van der Waals surface area contributed by atoms with Gasteiger partial charge in [-0.15, -0.1) is 0 Å². The molecule has 1 N–H and O–H groups in total. The molecule has 2 aromatic carbocycles. The lowest BCUT2D eigenvalue weighted by Gasteiger charge is -2.32. The summed E-state index contributed by atoms with van der Waals surface area (Å²) in [4.78, 5) is 12.4. The van der Waals surface area contributed by atoms with Crippen LogP contribution in [0.4, 0.5) is 10.1 Å². The Balaban J connectivity index is 1.53. The lowest BCUT2D eigenvalue weighted by Crippen LogP contribution is -2.29. The number of carbonyl (C=O) groups excluding carboxylic acids is 1. The van der Waals surface area contributed by atoms with E-state index in [2.05, 4.69) is 35.6 Å². The predicted molar refractivity (Wildman–Crippen MR) is 95.3 cm³/mol. The van der Waals surface area contributed by atoms with Gasteiger partial charge in [0, 0.05) is 11.6 Å². The molecule has 2 nitrogen and oxygen atoms in total. The number of carbonyl (C=O) groups is 1. The minimum absolute atomic E-state index is 0.0215. The molecule has 1 atom stereocenters. The van der Waals surface area contributed by atoms with Gasteiger partial charge in [-0.2, -0.15) is 0 Å². The quantitative estimate of drug-likeness (QED) is 0.804. The van der Waals surface area contributed by atoms with Gasteiger partial charge in [-0.25, -0.2) is 4.39 Å². The molecule has 3 rings (SSSR count). The molecule has 2 aromatic rings. The van der Waals surface area contributed by atoms with Gasteiger partial charge in [-0.1, -0.05) is 37.3 Å². The van der Waals surface area contributed by atoms with E-state index in [1.165, 1.54) is 17.7 Å². The molecule has 126 valence electrons. The van der Waals surface area contributed by atoms with Gasteiger partial charge in [0.2, 0.25) is 5.91 Å². The first kappa shape index (κ1) is 16.7. The summed E-state index contributed by atoms with van der Waals surface area (Å²) in [7, 11) is 0. The first-order valence-corrected chi connectivity index (χ1v) is 8.75. The third-order valence-corrected chi connectivity index (χ3v) is 5.28. The van der Waals surface area contributed by atoms with E-state index in [9.17, 15) is 9.18 Å². The lowest BCUT2D eigenvalue weighted by atomic mass is 9.74. The monoisotopic (exact) mass is 325 g/mol. The zero-order valence-corrected chi connectivity index (χ0v) is 14.0. The second kappa shape index (κ2) is 7.61. The Morgan fingerprint density at radius 1 is 1.00 bits per heavy atom. The second-order valence-corrected chi connectivity index (χ2v) is 6.81. The summed E-state index contributed by atoms with van der Waals surface area (Å²) in [5.74, 6) is 0.761. The Hall–Kier alpha value is -2.16. The molecule has 1 aliphatic carbocycles. The highest BCUT2D eigenvalue weighted by atomic mass is 19.1. The smallest absolute Gasteiger partial charge is 0.227 e. The van der Waals surface area contributed by atoms with E-state index in [4.69, 9.17) is 0 Å². The molecule has 1 amide bonds. The average Bonchev–Trinajstić information content (AvgIpc) is 2.64. The Labute approximate surface area is 143 Å². The highest BCUT2D eigenvalue weighted by Crippen LogP contribution is 2.38. The first-order valence-electron chi connectivity index (χ1n) is 8.75. The molecule has 0 saturated heterocycles. The highest BCUT2D eigenvalue weighted by Gasteiger charge is 2.29. The molecule has 0 heterocycles. The fraction of sp³-hybridized carbons (Fsp3) is 0.381. The summed E-state index contributed by atoms with van der Waals surface area (Å²) in [6.45, 7) is 2.01. The van der Waals surface area contributed by atoms with Crippen LogP contribution in [0.1, 0.15) is 44.1 Å². The van der Waals surface area contributed by atoms with Crippen molar-refractivity contribution in [3.05, 3.63) is 66.0 Å². The topological polar surface area (TPSA) is 29.1 Å². The van der Waals surface area contributed by atoms with Crippen molar-refractivity contribution in [2.24, 2.45) is 11.8 Å². The van der Waals surface area contributed by atoms with Crippen LogP contribution in [0.15, 0.2) is 54.6 Å². The van der Waals surface area contributed by atoms with Gasteiger partial charge < -0.3 is 5.32 Å². The molecule has 1 saturated carbocycles. The Morgan fingerprint density at radius 2 is 1.62 bits per heavy atom. The van der Waals surface area contributed by atoms with Gasteiger partial charge in [0.15, 0.2) is 0 Å². The summed E-state index contributed by atoms with van der Waals surface area (Å²) >= 11 is 0. The minimum atomic E-state index is -0.291. The summed E-state index contributed by atoms with van der Waals surface area (Å²) in [6.07, 6.45) is 4.45. The molecule has 0 spiro atoms. The van der Waals surface area contributed by atoms with Gasteiger partial charge in [0.1, 0.15) is 5.82 Å². The molecule has 1 unspecified atom stereocenters. The van der Waals surface area contributed by atoms with Gasteiger partial charge >= 0.3 is 0 Å². The van der Waals surface area contributed by atoms with E-state index < -0.39 is 0 Å². The van der Waals surface area contributed by atoms with Crippen molar-refractivity contribution in [3.8, 4) is 0 Å². The third-order valence-electron chi connectivity index (χ3n) is 5.28. The number of halogens is 1. The van der Waals surface area contributed by atoms with Crippen LogP contribution < -0.4 is 5.32 Å². The van der Waals surface area contributed by atoms with Crippen molar-refractivity contribution >= 4 is 11.6 Å². The Kier molecular flexibility index (Phi) is 5.29. The van der Waals surface area contributed by atoms with Crippen LogP contribution in [0.3, 0.4) is 0 Å². The van der Waals surface area contributed by atoms with Gasteiger partial charge in [0.25, 0.3) is 0 Å². The molecule has 0 aliphatic heterocycles. The number of rotatable bonds is 4. The van der Waals surface area contributed by atoms with Crippen molar-refractivity contribution in [1.29, 1.82) is 0 Å². The van der Waals surface area contributed by atoms with Crippen LogP contribution in [-0.4, -0.2) is 5.91 Å². The maximum absolute atomic E-state index is 12.9. The Morgan fingerprint density at radius 3 is 2.25 bits per heavy atom. The molecule has 0 radical (unpaired) electrons. The third kappa shape index (κ3) is 4.02. The van der Waals surface area contributed by atoms with Crippen LogP contribution in [0.25, 0.3) is 0 Å². The van der Waals surface area contributed by atoms with Crippen molar-refractivity contribution < 1.29 is 9.18 Å². The number of benzene rings is 2. The van der Waals surface area contributed by atoms with Crippen LogP contribution >= 0.6 is 0 Å². The zero-order chi connectivity index (χ0) is 16.9. The Bertz CT molecular complexity index is 660. The van der Waals surface area contributed by atoms with Crippen molar-refractivity contribution in [2.75, 3.05) is 5.32 Å². The molecule has 24 heavy (non-hydrogen) atoms. The molecule has 3 heteroatoms. The molecule has 1 aliphatic rings. The summed E-state index contributed by atoms with van der Waals surface area (Å²) in [6, 6.07) is 16.6. The normalized spacial score (nSPS) is 21.9. The SMILES string of the molecule is CC(C(=O)Nc1ccc(F)cc1)C1CCC(c2ccccc2)CC1. The van der Waals surface area contributed by atoms with Crippen molar-refractivity contribution in [3.63, 3.8) is 0 Å². The van der Waals surface area contributed by atoms with Gasteiger partial charge in [-0.05, 0) is 67.3 Å². The molecule has 0 aromatic heterocycles.